The number of amides is 1. The molecular formula is C28H32N2O4S. The Balaban J connectivity index is 1.56. The molecule has 7 heteroatoms. The molecule has 0 bridgehead atoms. The van der Waals surface area contributed by atoms with Gasteiger partial charge >= 0.3 is 0 Å². The average molecular weight is 493 g/mol. The van der Waals surface area contributed by atoms with Gasteiger partial charge in [0.2, 0.25) is 5.91 Å². The van der Waals surface area contributed by atoms with Crippen molar-refractivity contribution in [2.24, 2.45) is 0 Å². The number of anilines is 1. The lowest BCUT2D eigenvalue weighted by Crippen LogP contribution is -2.41. The van der Waals surface area contributed by atoms with Gasteiger partial charge in [-0.25, -0.2) is 8.42 Å². The number of aryl methyl sites for hydroxylation is 2. The highest BCUT2D eigenvalue weighted by atomic mass is 32.2. The summed E-state index contributed by atoms with van der Waals surface area (Å²) < 4.78 is 33.7. The van der Waals surface area contributed by atoms with E-state index in [1.807, 2.05) is 13.8 Å². The van der Waals surface area contributed by atoms with Crippen LogP contribution in [0.4, 0.5) is 5.69 Å². The molecule has 3 aromatic carbocycles. The maximum Gasteiger partial charge on any atom is 0.264 e. The van der Waals surface area contributed by atoms with Gasteiger partial charge in [0, 0.05) is 0 Å². The molecule has 1 N–H and O–H groups in total. The van der Waals surface area contributed by atoms with Gasteiger partial charge in [-0.05, 0) is 92.6 Å². The molecule has 0 aliphatic heterocycles. The van der Waals surface area contributed by atoms with Gasteiger partial charge in [-0.1, -0.05) is 36.4 Å². The minimum absolute atomic E-state index is 0.129. The van der Waals surface area contributed by atoms with Crippen LogP contribution in [-0.4, -0.2) is 27.5 Å². The summed E-state index contributed by atoms with van der Waals surface area (Å²) in [6.45, 7) is 3.98. The van der Waals surface area contributed by atoms with Crippen molar-refractivity contribution in [2.45, 2.75) is 50.5 Å². The first-order chi connectivity index (χ1) is 16.9. The molecule has 3 aromatic rings. The zero-order chi connectivity index (χ0) is 24.8. The number of benzene rings is 3. The Morgan fingerprint density at radius 2 is 1.66 bits per heavy atom. The van der Waals surface area contributed by atoms with Crippen molar-refractivity contribution in [1.29, 1.82) is 0 Å². The van der Waals surface area contributed by atoms with E-state index in [1.54, 1.807) is 42.5 Å². The first kappa shape index (κ1) is 24.8. The average Bonchev–Trinajstić information content (AvgIpc) is 2.88. The van der Waals surface area contributed by atoms with Gasteiger partial charge in [0.25, 0.3) is 10.0 Å². The van der Waals surface area contributed by atoms with Gasteiger partial charge in [0.15, 0.2) is 0 Å². The van der Waals surface area contributed by atoms with Gasteiger partial charge < -0.3 is 10.1 Å². The number of rotatable bonds is 9. The molecule has 0 saturated carbocycles. The lowest BCUT2D eigenvalue weighted by molar-refractivity contribution is -0.120. The first-order valence-corrected chi connectivity index (χ1v) is 13.5. The van der Waals surface area contributed by atoms with Crippen LogP contribution < -0.4 is 14.4 Å². The second-order valence-corrected chi connectivity index (χ2v) is 10.6. The fourth-order valence-electron chi connectivity index (χ4n) is 4.43. The molecule has 1 aliphatic rings. The molecule has 1 unspecified atom stereocenters. The second kappa shape index (κ2) is 11.0. The molecular weight excluding hydrogens is 460 g/mol. The lowest BCUT2D eigenvalue weighted by Gasteiger charge is -2.25. The van der Waals surface area contributed by atoms with Gasteiger partial charge in [0.05, 0.1) is 23.2 Å². The zero-order valence-corrected chi connectivity index (χ0v) is 21.1. The maximum absolute atomic E-state index is 13.5. The van der Waals surface area contributed by atoms with Crippen molar-refractivity contribution < 1.29 is 17.9 Å². The minimum Gasteiger partial charge on any atom is -0.494 e. The highest BCUT2D eigenvalue weighted by molar-refractivity contribution is 7.92. The fraction of sp³-hybridized carbons (Fsp3) is 0.321. The molecule has 35 heavy (non-hydrogen) atoms. The number of nitrogens with zero attached hydrogens (tertiary/aromatic N) is 1. The smallest absolute Gasteiger partial charge is 0.264 e. The number of ether oxygens (including phenoxy) is 1. The molecule has 0 heterocycles. The fourth-order valence-corrected chi connectivity index (χ4v) is 5.88. The van der Waals surface area contributed by atoms with Crippen LogP contribution >= 0.6 is 0 Å². The van der Waals surface area contributed by atoms with Crippen LogP contribution in [0, 0.1) is 0 Å². The lowest BCUT2D eigenvalue weighted by atomic mass is 9.89. The molecule has 184 valence electrons. The predicted molar refractivity (Wildman–Crippen MR) is 138 cm³/mol. The highest BCUT2D eigenvalue weighted by Gasteiger charge is 2.28. The van der Waals surface area contributed by atoms with E-state index in [9.17, 15) is 13.2 Å². The third-order valence-electron chi connectivity index (χ3n) is 6.30. The summed E-state index contributed by atoms with van der Waals surface area (Å²) in [5.41, 5.74) is 4.15. The van der Waals surface area contributed by atoms with E-state index in [1.165, 1.54) is 36.1 Å². The Morgan fingerprint density at radius 3 is 2.34 bits per heavy atom. The second-order valence-electron chi connectivity index (χ2n) is 8.78. The van der Waals surface area contributed by atoms with E-state index in [0.29, 0.717) is 18.0 Å². The Labute approximate surface area is 208 Å². The molecule has 0 spiro atoms. The van der Waals surface area contributed by atoms with E-state index in [2.05, 4.69) is 23.5 Å². The Morgan fingerprint density at radius 1 is 0.971 bits per heavy atom. The largest absolute Gasteiger partial charge is 0.494 e. The molecule has 0 saturated heterocycles. The number of hydrogen-bond acceptors (Lipinski definition) is 4. The van der Waals surface area contributed by atoms with E-state index in [0.717, 1.165) is 22.7 Å². The Hall–Kier alpha value is -3.32. The molecule has 0 fully saturated rings. The molecule has 0 radical (unpaired) electrons. The monoisotopic (exact) mass is 492 g/mol. The topological polar surface area (TPSA) is 75.7 Å². The van der Waals surface area contributed by atoms with Crippen LogP contribution in [0.3, 0.4) is 0 Å². The van der Waals surface area contributed by atoms with Crippen LogP contribution in [0.1, 0.15) is 49.4 Å². The van der Waals surface area contributed by atoms with E-state index >= 15 is 0 Å². The van der Waals surface area contributed by atoms with E-state index in [-0.39, 0.29) is 23.4 Å². The van der Waals surface area contributed by atoms with Crippen LogP contribution in [0.2, 0.25) is 0 Å². The Bertz CT molecular complexity index is 1260. The van der Waals surface area contributed by atoms with Crippen molar-refractivity contribution in [3.05, 3.63) is 89.5 Å². The molecule has 0 aromatic heterocycles. The third kappa shape index (κ3) is 5.85. The summed E-state index contributed by atoms with van der Waals surface area (Å²) in [6, 6.07) is 21.0. The summed E-state index contributed by atoms with van der Waals surface area (Å²) in [6.07, 6.45) is 4.57. The first-order valence-electron chi connectivity index (χ1n) is 12.1. The van der Waals surface area contributed by atoms with Crippen molar-refractivity contribution in [3.63, 3.8) is 0 Å². The molecule has 1 atom stereocenters. The van der Waals surface area contributed by atoms with Crippen molar-refractivity contribution in [2.75, 3.05) is 17.5 Å². The number of nitrogens with one attached hydrogen (secondary N) is 1. The van der Waals surface area contributed by atoms with Gasteiger partial charge in [-0.2, -0.15) is 0 Å². The van der Waals surface area contributed by atoms with Crippen LogP contribution in [0.25, 0.3) is 0 Å². The van der Waals surface area contributed by atoms with E-state index in [4.69, 9.17) is 4.74 Å². The number of sulfonamides is 1. The van der Waals surface area contributed by atoms with Crippen LogP contribution in [0.5, 0.6) is 5.75 Å². The van der Waals surface area contributed by atoms with E-state index < -0.39 is 10.0 Å². The molecule has 1 amide bonds. The zero-order valence-electron chi connectivity index (χ0n) is 20.2. The normalized spacial score (nSPS) is 14.0. The van der Waals surface area contributed by atoms with Crippen LogP contribution in [-0.2, 0) is 27.7 Å². The van der Waals surface area contributed by atoms with Gasteiger partial charge in [-0.15, -0.1) is 0 Å². The third-order valence-corrected chi connectivity index (χ3v) is 8.09. The summed E-state index contributed by atoms with van der Waals surface area (Å²) in [4.78, 5) is 13.2. The summed E-state index contributed by atoms with van der Waals surface area (Å²) >= 11 is 0. The summed E-state index contributed by atoms with van der Waals surface area (Å²) in [7, 11) is -3.96. The number of hydrogen-bond donors (Lipinski definition) is 1. The quantitative estimate of drug-likeness (QED) is 0.454. The van der Waals surface area contributed by atoms with Crippen molar-refractivity contribution >= 4 is 21.6 Å². The molecule has 4 rings (SSSR count). The highest BCUT2D eigenvalue weighted by Crippen LogP contribution is 2.27. The Kier molecular flexibility index (Phi) is 7.76. The van der Waals surface area contributed by atoms with Crippen molar-refractivity contribution in [3.8, 4) is 5.75 Å². The standard InChI is InChI=1S/C28H32N2O4S/c1-3-34-26-17-15-25(16-18-26)30(35(32,33)27-11-5-4-6-12-27)20-28(31)29-21(2)23-14-13-22-9-7-8-10-24(22)19-23/h4-6,11-19,21H,3,7-10,20H2,1-2H3,(H,29,31). The van der Waals surface area contributed by atoms with Crippen molar-refractivity contribution in [1.82, 2.24) is 5.32 Å². The number of fused-ring (bicyclic) bond motifs is 1. The minimum atomic E-state index is -3.96. The van der Waals surface area contributed by atoms with Gasteiger partial charge in [-0.3, -0.25) is 9.10 Å². The van der Waals surface area contributed by atoms with Gasteiger partial charge in [0.1, 0.15) is 12.3 Å². The number of carbonyl (C=O) groups is 1. The predicted octanol–water partition coefficient (Wildman–Crippen LogP) is 5.04. The number of carbonyl (C=O) groups excluding carboxylic acids is 1. The maximum atomic E-state index is 13.5. The molecule has 6 nitrogen and oxygen atoms in total. The summed E-state index contributed by atoms with van der Waals surface area (Å²) in [5.74, 6) is 0.266. The molecule has 1 aliphatic carbocycles. The van der Waals surface area contributed by atoms with Crippen LogP contribution in [0.15, 0.2) is 77.7 Å². The summed E-state index contributed by atoms with van der Waals surface area (Å²) in [5, 5.41) is 2.99. The SMILES string of the molecule is CCOc1ccc(N(CC(=O)NC(C)c2ccc3c(c2)CCCC3)S(=O)(=O)c2ccccc2)cc1.